The van der Waals surface area contributed by atoms with Gasteiger partial charge in [0.05, 0.1) is 11.3 Å². The summed E-state index contributed by atoms with van der Waals surface area (Å²) in [6, 6.07) is 4.42. The van der Waals surface area contributed by atoms with E-state index in [1.807, 2.05) is 0 Å². The lowest BCUT2D eigenvalue weighted by Gasteiger charge is -2.25. The Balaban J connectivity index is 2.37. The number of benzene rings is 1. The maximum atomic E-state index is 12.3. The Kier molecular flexibility index (Phi) is 5.42. The van der Waals surface area contributed by atoms with Crippen LogP contribution in [0.5, 0.6) is 0 Å². The van der Waals surface area contributed by atoms with E-state index in [1.54, 1.807) is 13.0 Å². The van der Waals surface area contributed by atoms with Crippen LogP contribution in [0.25, 0.3) is 0 Å². The van der Waals surface area contributed by atoms with Gasteiger partial charge >= 0.3 is 5.97 Å². The number of hydrogen-bond donors (Lipinski definition) is 3. The zero-order chi connectivity index (χ0) is 16.2. The predicted molar refractivity (Wildman–Crippen MR) is 84.8 cm³/mol. The smallest absolute Gasteiger partial charge is 0.335 e. The van der Waals surface area contributed by atoms with E-state index in [0.717, 1.165) is 25.7 Å². The van der Waals surface area contributed by atoms with Gasteiger partial charge < -0.3 is 10.4 Å². The van der Waals surface area contributed by atoms with Crippen molar-refractivity contribution in [2.24, 2.45) is 0 Å². The second-order valence-corrected chi connectivity index (χ2v) is 7.23. The largest absolute Gasteiger partial charge is 0.478 e. The number of aromatic carboxylic acids is 1. The molecule has 1 aromatic rings. The molecule has 0 bridgehead atoms. The van der Waals surface area contributed by atoms with Gasteiger partial charge in [0.15, 0.2) is 0 Å². The van der Waals surface area contributed by atoms with Crippen molar-refractivity contribution in [3.63, 3.8) is 0 Å². The summed E-state index contributed by atoms with van der Waals surface area (Å²) < 4.78 is 27.1. The fourth-order valence-corrected chi connectivity index (χ4v) is 3.97. The standard InChI is InChI=1S/C15H22N2O4S/c1-2-16-22(20,21)14-10-11(15(18)19)8-9-13(14)17-12-6-4-3-5-7-12/h8-10,12,16-17H,2-7H2,1H3,(H,18,19). The minimum absolute atomic E-state index is 0.000163. The van der Waals surface area contributed by atoms with Gasteiger partial charge in [-0.1, -0.05) is 26.2 Å². The molecular weight excluding hydrogens is 304 g/mol. The van der Waals surface area contributed by atoms with Crippen molar-refractivity contribution in [3.05, 3.63) is 23.8 Å². The Hall–Kier alpha value is -1.60. The van der Waals surface area contributed by atoms with Gasteiger partial charge in [0.2, 0.25) is 10.0 Å². The topological polar surface area (TPSA) is 95.5 Å². The molecule has 6 nitrogen and oxygen atoms in total. The molecule has 2 rings (SSSR count). The number of anilines is 1. The van der Waals surface area contributed by atoms with E-state index in [0.29, 0.717) is 5.69 Å². The van der Waals surface area contributed by atoms with E-state index in [4.69, 9.17) is 5.11 Å². The summed E-state index contributed by atoms with van der Waals surface area (Å²) in [7, 11) is -3.72. The molecule has 1 fully saturated rings. The van der Waals surface area contributed by atoms with Gasteiger partial charge in [0, 0.05) is 12.6 Å². The van der Waals surface area contributed by atoms with Crippen LogP contribution in [0.4, 0.5) is 5.69 Å². The van der Waals surface area contributed by atoms with Crippen LogP contribution in [-0.2, 0) is 10.0 Å². The first-order chi connectivity index (χ1) is 10.4. The van der Waals surface area contributed by atoms with Gasteiger partial charge in [0.1, 0.15) is 4.90 Å². The van der Waals surface area contributed by atoms with E-state index in [1.165, 1.54) is 18.6 Å². The van der Waals surface area contributed by atoms with Crippen LogP contribution in [0.15, 0.2) is 23.1 Å². The minimum atomic E-state index is -3.72. The average molecular weight is 326 g/mol. The van der Waals surface area contributed by atoms with Crippen LogP contribution in [0, 0.1) is 0 Å². The normalized spacial score (nSPS) is 16.4. The van der Waals surface area contributed by atoms with Crippen molar-refractivity contribution >= 4 is 21.7 Å². The molecule has 7 heteroatoms. The first-order valence-electron chi connectivity index (χ1n) is 7.57. The average Bonchev–Trinajstić information content (AvgIpc) is 2.48. The number of rotatable bonds is 6. The van der Waals surface area contributed by atoms with Crippen LogP contribution < -0.4 is 10.0 Å². The zero-order valence-electron chi connectivity index (χ0n) is 12.6. The van der Waals surface area contributed by atoms with E-state index >= 15 is 0 Å². The van der Waals surface area contributed by atoms with Gasteiger partial charge in [-0.25, -0.2) is 17.9 Å². The molecule has 1 saturated carbocycles. The number of carboxylic acid groups (broad SMARTS) is 1. The van der Waals surface area contributed by atoms with Gasteiger partial charge in [-0.15, -0.1) is 0 Å². The molecule has 0 unspecified atom stereocenters. The second kappa shape index (κ2) is 7.11. The summed E-state index contributed by atoms with van der Waals surface area (Å²) in [5.41, 5.74) is 0.434. The molecule has 0 radical (unpaired) electrons. The number of nitrogens with one attached hydrogen (secondary N) is 2. The highest BCUT2D eigenvalue weighted by molar-refractivity contribution is 7.89. The van der Waals surface area contributed by atoms with Gasteiger partial charge in [-0.2, -0.15) is 0 Å². The molecule has 0 aromatic heterocycles. The summed E-state index contributed by atoms with van der Waals surface area (Å²) in [5, 5.41) is 12.3. The van der Waals surface area contributed by atoms with Crippen molar-refractivity contribution in [2.45, 2.75) is 50.0 Å². The molecule has 1 aliphatic carbocycles. The number of hydrogen-bond acceptors (Lipinski definition) is 4. The Morgan fingerprint density at radius 2 is 1.95 bits per heavy atom. The molecule has 0 atom stereocenters. The monoisotopic (exact) mass is 326 g/mol. The molecule has 0 aliphatic heterocycles. The van der Waals surface area contributed by atoms with E-state index in [2.05, 4.69) is 10.0 Å². The fourth-order valence-electron chi connectivity index (χ4n) is 2.73. The lowest BCUT2D eigenvalue weighted by molar-refractivity contribution is 0.0696. The Labute approximate surface area is 131 Å². The Morgan fingerprint density at radius 1 is 1.27 bits per heavy atom. The van der Waals surface area contributed by atoms with E-state index < -0.39 is 16.0 Å². The van der Waals surface area contributed by atoms with E-state index in [9.17, 15) is 13.2 Å². The lowest BCUT2D eigenvalue weighted by atomic mass is 9.95. The second-order valence-electron chi connectivity index (χ2n) is 5.50. The van der Waals surface area contributed by atoms with Crippen molar-refractivity contribution in [2.75, 3.05) is 11.9 Å². The fraction of sp³-hybridized carbons (Fsp3) is 0.533. The van der Waals surface area contributed by atoms with Crippen molar-refractivity contribution in [3.8, 4) is 0 Å². The molecule has 0 amide bonds. The third-order valence-electron chi connectivity index (χ3n) is 3.82. The highest BCUT2D eigenvalue weighted by atomic mass is 32.2. The third-order valence-corrected chi connectivity index (χ3v) is 5.40. The molecular formula is C15H22N2O4S. The molecule has 1 aromatic carbocycles. The van der Waals surface area contributed by atoms with Gasteiger partial charge in [0.25, 0.3) is 0 Å². The molecule has 0 spiro atoms. The van der Waals surface area contributed by atoms with Crippen molar-refractivity contribution in [1.82, 2.24) is 4.72 Å². The predicted octanol–water partition coefficient (Wildman–Crippen LogP) is 2.43. The Bertz CT molecular complexity index is 637. The highest BCUT2D eigenvalue weighted by Gasteiger charge is 2.22. The summed E-state index contributed by atoms with van der Waals surface area (Å²) >= 11 is 0. The summed E-state index contributed by atoms with van der Waals surface area (Å²) in [4.78, 5) is 11.1. The highest BCUT2D eigenvalue weighted by Crippen LogP contribution is 2.27. The molecule has 22 heavy (non-hydrogen) atoms. The van der Waals surface area contributed by atoms with Crippen LogP contribution in [-0.4, -0.2) is 32.1 Å². The minimum Gasteiger partial charge on any atom is -0.478 e. The van der Waals surface area contributed by atoms with Crippen molar-refractivity contribution in [1.29, 1.82) is 0 Å². The van der Waals surface area contributed by atoms with Crippen LogP contribution in [0.1, 0.15) is 49.4 Å². The van der Waals surface area contributed by atoms with Crippen LogP contribution in [0.2, 0.25) is 0 Å². The SMILES string of the molecule is CCNS(=O)(=O)c1cc(C(=O)O)ccc1NC1CCCCC1. The maximum Gasteiger partial charge on any atom is 0.335 e. The quantitative estimate of drug-likeness (QED) is 0.746. The summed E-state index contributed by atoms with van der Waals surface area (Å²) in [6.07, 6.45) is 5.46. The van der Waals surface area contributed by atoms with Gasteiger partial charge in [-0.05, 0) is 31.0 Å². The summed E-state index contributed by atoms with van der Waals surface area (Å²) in [6.45, 7) is 1.94. The number of carbonyl (C=O) groups is 1. The van der Waals surface area contributed by atoms with Crippen molar-refractivity contribution < 1.29 is 18.3 Å². The first kappa shape index (κ1) is 16.8. The number of carboxylic acids is 1. The van der Waals surface area contributed by atoms with E-state index in [-0.39, 0.29) is 23.0 Å². The molecule has 3 N–H and O–H groups in total. The molecule has 0 saturated heterocycles. The zero-order valence-corrected chi connectivity index (χ0v) is 13.4. The summed E-state index contributed by atoms with van der Waals surface area (Å²) in [5.74, 6) is -1.14. The molecule has 1 aliphatic rings. The maximum absolute atomic E-state index is 12.3. The van der Waals surface area contributed by atoms with Crippen LogP contribution in [0.3, 0.4) is 0 Å². The third kappa shape index (κ3) is 3.98. The molecule has 122 valence electrons. The molecule has 0 heterocycles. The first-order valence-corrected chi connectivity index (χ1v) is 9.06. The lowest BCUT2D eigenvalue weighted by Crippen LogP contribution is -2.27. The number of sulfonamides is 1. The van der Waals surface area contributed by atoms with Gasteiger partial charge in [-0.3, -0.25) is 0 Å². The van der Waals surface area contributed by atoms with Crippen LogP contribution >= 0.6 is 0 Å². The Morgan fingerprint density at radius 3 is 2.55 bits per heavy atom.